The van der Waals surface area contributed by atoms with E-state index >= 15 is 0 Å². The van der Waals surface area contributed by atoms with Crippen molar-refractivity contribution in [2.45, 2.75) is 40.2 Å². The largest absolute Gasteiger partial charge is 0.314 e. The van der Waals surface area contributed by atoms with Gasteiger partial charge in [0.1, 0.15) is 11.6 Å². The van der Waals surface area contributed by atoms with Crippen molar-refractivity contribution in [2.24, 2.45) is 0 Å². The Kier molecular flexibility index (Phi) is 5.48. The molecule has 3 heteroatoms. The van der Waals surface area contributed by atoms with E-state index in [0.29, 0.717) is 17.2 Å². The lowest BCUT2D eigenvalue weighted by Gasteiger charge is -2.09. The summed E-state index contributed by atoms with van der Waals surface area (Å²) in [5.41, 5.74) is 1.22. The number of hydrogen-bond acceptors (Lipinski definition) is 1. The molecule has 0 heterocycles. The Morgan fingerprint density at radius 2 is 2.00 bits per heavy atom. The van der Waals surface area contributed by atoms with Crippen LogP contribution < -0.4 is 5.32 Å². The monoisotopic (exact) mass is 253 g/mol. The van der Waals surface area contributed by atoms with Crippen LogP contribution in [0.3, 0.4) is 0 Å². The lowest BCUT2D eigenvalue weighted by Crippen LogP contribution is -2.23. The van der Waals surface area contributed by atoms with E-state index in [2.05, 4.69) is 19.2 Å². The van der Waals surface area contributed by atoms with Crippen LogP contribution in [0.2, 0.25) is 0 Å². The zero-order valence-electron chi connectivity index (χ0n) is 11.5. The number of allylic oxidation sites excluding steroid dienone is 1. The van der Waals surface area contributed by atoms with Crippen LogP contribution in [0.4, 0.5) is 8.78 Å². The molecule has 0 saturated carbocycles. The molecule has 0 aliphatic heterocycles. The number of aryl methyl sites for hydroxylation is 1. The maximum Gasteiger partial charge on any atom is 0.136 e. The molecule has 1 N–H and O–H groups in total. The van der Waals surface area contributed by atoms with Gasteiger partial charge in [0.05, 0.1) is 0 Å². The summed E-state index contributed by atoms with van der Waals surface area (Å²) in [6.07, 6.45) is 2.63. The van der Waals surface area contributed by atoms with Gasteiger partial charge in [-0.25, -0.2) is 8.78 Å². The van der Waals surface area contributed by atoms with Crippen LogP contribution in [-0.2, 0) is 0 Å². The lowest BCUT2D eigenvalue weighted by atomic mass is 10.0. The number of hydrogen-bond donors (Lipinski definition) is 1. The summed E-state index contributed by atoms with van der Waals surface area (Å²) in [7, 11) is 0. The van der Waals surface area contributed by atoms with Crippen molar-refractivity contribution in [1.29, 1.82) is 0 Å². The zero-order valence-corrected chi connectivity index (χ0v) is 11.5. The predicted molar refractivity (Wildman–Crippen MR) is 72.5 cm³/mol. The molecule has 0 unspecified atom stereocenters. The molecule has 18 heavy (non-hydrogen) atoms. The van der Waals surface area contributed by atoms with Crippen molar-refractivity contribution in [3.05, 3.63) is 41.0 Å². The first-order chi connectivity index (χ1) is 8.43. The highest BCUT2D eigenvalue weighted by atomic mass is 19.1. The zero-order chi connectivity index (χ0) is 13.7. The van der Waals surface area contributed by atoms with Crippen LogP contribution in [0.15, 0.2) is 18.2 Å². The fourth-order valence-corrected chi connectivity index (χ4v) is 1.78. The van der Waals surface area contributed by atoms with Crippen molar-refractivity contribution < 1.29 is 8.78 Å². The fraction of sp³-hybridized carbons (Fsp3) is 0.467. The van der Waals surface area contributed by atoms with Gasteiger partial charge in [-0.15, -0.1) is 0 Å². The molecule has 1 aromatic rings. The molecule has 0 radical (unpaired) electrons. The van der Waals surface area contributed by atoms with Crippen LogP contribution in [0.25, 0.3) is 5.57 Å². The highest BCUT2D eigenvalue weighted by Crippen LogP contribution is 2.24. The Bertz CT molecular complexity index is 436. The first-order valence-electron chi connectivity index (χ1n) is 6.28. The number of benzene rings is 1. The highest BCUT2D eigenvalue weighted by Gasteiger charge is 2.12. The van der Waals surface area contributed by atoms with Crippen molar-refractivity contribution >= 4 is 5.57 Å². The van der Waals surface area contributed by atoms with Crippen molar-refractivity contribution in [1.82, 2.24) is 5.32 Å². The van der Waals surface area contributed by atoms with E-state index in [1.54, 1.807) is 13.8 Å². The minimum absolute atomic E-state index is 0.0968. The second kappa shape index (κ2) is 6.64. The van der Waals surface area contributed by atoms with Crippen LogP contribution >= 0.6 is 0 Å². The van der Waals surface area contributed by atoms with Gasteiger partial charge < -0.3 is 5.32 Å². The molecule has 0 fully saturated rings. The van der Waals surface area contributed by atoms with E-state index in [4.69, 9.17) is 0 Å². The summed E-state index contributed by atoms with van der Waals surface area (Å²) < 4.78 is 27.5. The Morgan fingerprint density at radius 3 is 2.61 bits per heavy atom. The summed E-state index contributed by atoms with van der Waals surface area (Å²) in [5.74, 6) is -0.954. The molecule has 0 bridgehead atoms. The van der Waals surface area contributed by atoms with E-state index in [-0.39, 0.29) is 5.56 Å². The van der Waals surface area contributed by atoms with E-state index in [9.17, 15) is 8.78 Å². The smallest absolute Gasteiger partial charge is 0.136 e. The van der Waals surface area contributed by atoms with Crippen LogP contribution in [0.5, 0.6) is 0 Å². The molecule has 1 nitrogen and oxygen atoms in total. The SMILES string of the molecule is C/C(=C/CCNC(C)C)c1c(F)ccc(C)c1F. The average Bonchev–Trinajstić information content (AvgIpc) is 2.30. The Balaban J connectivity index is 2.80. The highest BCUT2D eigenvalue weighted by molar-refractivity contribution is 5.65. The van der Waals surface area contributed by atoms with Crippen molar-refractivity contribution in [2.75, 3.05) is 6.54 Å². The first-order valence-corrected chi connectivity index (χ1v) is 6.28. The van der Waals surface area contributed by atoms with Gasteiger partial charge in [0.15, 0.2) is 0 Å². The van der Waals surface area contributed by atoms with Gasteiger partial charge in [0, 0.05) is 11.6 Å². The van der Waals surface area contributed by atoms with Crippen LogP contribution in [-0.4, -0.2) is 12.6 Å². The Morgan fingerprint density at radius 1 is 1.33 bits per heavy atom. The van der Waals surface area contributed by atoms with Crippen molar-refractivity contribution in [3.63, 3.8) is 0 Å². The second-order valence-corrected chi connectivity index (χ2v) is 4.84. The number of nitrogens with one attached hydrogen (secondary N) is 1. The summed E-state index contributed by atoms with van der Waals surface area (Å²) in [4.78, 5) is 0. The molecule has 0 aliphatic rings. The summed E-state index contributed by atoms with van der Waals surface area (Å²) in [5, 5.41) is 3.26. The van der Waals surface area contributed by atoms with Gasteiger partial charge >= 0.3 is 0 Å². The Labute approximate surface area is 108 Å². The van der Waals surface area contributed by atoms with Crippen LogP contribution in [0.1, 0.15) is 38.3 Å². The third kappa shape index (κ3) is 3.91. The quantitative estimate of drug-likeness (QED) is 0.780. The maximum atomic E-state index is 13.9. The lowest BCUT2D eigenvalue weighted by molar-refractivity contribution is 0.570. The van der Waals surface area contributed by atoms with Gasteiger partial charge in [0.25, 0.3) is 0 Å². The van der Waals surface area contributed by atoms with E-state index in [0.717, 1.165) is 13.0 Å². The molecular formula is C15H21F2N. The third-order valence-electron chi connectivity index (χ3n) is 2.83. The second-order valence-electron chi connectivity index (χ2n) is 4.84. The molecule has 1 aromatic carbocycles. The van der Waals surface area contributed by atoms with Gasteiger partial charge in [-0.2, -0.15) is 0 Å². The first kappa shape index (κ1) is 14.8. The number of halogens is 2. The van der Waals surface area contributed by atoms with E-state index < -0.39 is 11.6 Å². The maximum absolute atomic E-state index is 13.9. The molecular weight excluding hydrogens is 232 g/mol. The molecule has 0 aliphatic carbocycles. The van der Waals surface area contributed by atoms with Crippen LogP contribution in [0, 0.1) is 18.6 Å². The molecule has 1 rings (SSSR count). The van der Waals surface area contributed by atoms with Gasteiger partial charge in [-0.3, -0.25) is 0 Å². The van der Waals surface area contributed by atoms with E-state index in [1.165, 1.54) is 12.1 Å². The van der Waals surface area contributed by atoms with Crippen molar-refractivity contribution in [3.8, 4) is 0 Å². The van der Waals surface area contributed by atoms with Gasteiger partial charge in [-0.05, 0) is 44.0 Å². The average molecular weight is 253 g/mol. The van der Waals surface area contributed by atoms with E-state index in [1.807, 2.05) is 6.08 Å². The minimum atomic E-state index is -0.497. The summed E-state index contributed by atoms with van der Waals surface area (Å²) >= 11 is 0. The molecule has 0 spiro atoms. The summed E-state index contributed by atoms with van der Waals surface area (Å²) in [6.45, 7) is 8.33. The normalized spacial score (nSPS) is 12.3. The fourth-order valence-electron chi connectivity index (χ4n) is 1.78. The standard InChI is InChI=1S/C15H21F2N/c1-10(2)18-9-5-6-11(3)14-13(16)8-7-12(4)15(14)17/h6-8,10,18H,5,9H2,1-4H3/b11-6-. The molecule has 0 saturated heterocycles. The predicted octanol–water partition coefficient (Wildman–Crippen LogP) is 4.06. The molecule has 0 amide bonds. The Hall–Kier alpha value is -1.22. The molecule has 100 valence electrons. The summed E-state index contributed by atoms with van der Waals surface area (Å²) in [6, 6.07) is 3.20. The third-order valence-corrected chi connectivity index (χ3v) is 2.83. The topological polar surface area (TPSA) is 12.0 Å². The van der Waals surface area contributed by atoms with Gasteiger partial charge in [0.2, 0.25) is 0 Å². The minimum Gasteiger partial charge on any atom is -0.314 e. The van der Waals surface area contributed by atoms with Gasteiger partial charge in [-0.1, -0.05) is 26.0 Å². The molecule has 0 aromatic heterocycles. The number of rotatable bonds is 5. The molecule has 0 atom stereocenters.